The van der Waals surface area contributed by atoms with Gasteiger partial charge in [0.15, 0.2) is 5.79 Å². The van der Waals surface area contributed by atoms with E-state index in [2.05, 4.69) is 45.9 Å². The van der Waals surface area contributed by atoms with Crippen molar-refractivity contribution in [2.75, 3.05) is 13.2 Å². The number of hydrogen-bond acceptors (Lipinski definition) is 2. The molecule has 0 radical (unpaired) electrons. The average Bonchev–Trinajstić information content (AvgIpc) is 2.85. The van der Waals surface area contributed by atoms with Gasteiger partial charge >= 0.3 is 0 Å². The minimum Gasteiger partial charge on any atom is -0.348 e. The minimum absolute atomic E-state index is 0.349. The SMILES string of the molecule is CC(C)=CCC/C(C)=C/CC/C(C)=C/CCC1(C)OCCO1. The Morgan fingerprint density at radius 2 is 1.32 bits per heavy atom. The van der Waals surface area contributed by atoms with Crippen molar-refractivity contribution in [1.29, 1.82) is 0 Å². The Hall–Kier alpha value is -0.860. The van der Waals surface area contributed by atoms with Gasteiger partial charge in [-0.15, -0.1) is 0 Å². The van der Waals surface area contributed by atoms with Crippen molar-refractivity contribution in [3.63, 3.8) is 0 Å². The van der Waals surface area contributed by atoms with Crippen molar-refractivity contribution in [2.45, 2.75) is 78.9 Å². The molecule has 0 atom stereocenters. The van der Waals surface area contributed by atoms with E-state index in [-0.39, 0.29) is 5.79 Å². The van der Waals surface area contributed by atoms with E-state index >= 15 is 0 Å². The molecule has 1 aliphatic rings. The molecule has 0 aliphatic carbocycles. The number of hydrogen-bond donors (Lipinski definition) is 0. The molecule has 1 heterocycles. The molecule has 2 nitrogen and oxygen atoms in total. The summed E-state index contributed by atoms with van der Waals surface area (Å²) >= 11 is 0. The molecule has 126 valence electrons. The Balaban J connectivity index is 2.19. The molecule has 0 spiro atoms. The fourth-order valence-electron chi connectivity index (χ4n) is 2.62. The van der Waals surface area contributed by atoms with Gasteiger partial charge in [0.2, 0.25) is 0 Å². The second kappa shape index (κ2) is 10.0. The maximum Gasteiger partial charge on any atom is 0.166 e. The number of rotatable bonds is 9. The van der Waals surface area contributed by atoms with Crippen molar-refractivity contribution in [1.82, 2.24) is 0 Å². The van der Waals surface area contributed by atoms with Crippen LogP contribution in [0.1, 0.15) is 73.1 Å². The van der Waals surface area contributed by atoms with E-state index < -0.39 is 0 Å². The quantitative estimate of drug-likeness (QED) is 0.490. The lowest BCUT2D eigenvalue weighted by Crippen LogP contribution is -2.24. The topological polar surface area (TPSA) is 18.5 Å². The van der Waals surface area contributed by atoms with Crippen LogP contribution in [-0.4, -0.2) is 19.0 Å². The Morgan fingerprint density at radius 1 is 0.818 bits per heavy atom. The third-order valence-electron chi connectivity index (χ3n) is 4.11. The molecule has 0 aromatic heterocycles. The maximum atomic E-state index is 5.62. The van der Waals surface area contributed by atoms with E-state index in [0.717, 1.165) is 45.3 Å². The Kier molecular flexibility index (Phi) is 8.74. The fraction of sp³-hybridized carbons (Fsp3) is 0.700. The van der Waals surface area contributed by atoms with Crippen LogP contribution in [0.5, 0.6) is 0 Å². The highest BCUT2D eigenvalue weighted by molar-refractivity contribution is 5.05. The first kappa shape index (κ1) is 19.2. The Labute approximate surface area is 137 Å². The van der Waals surface area contributed by atoms with Gasteiger partial charge in [0, 0.05) is 6.42 Å². The molecule has 22 heavy (non-hydrogen) atoms. The van der Waals surface area contributed by atoms with Gasteiger partial charge in [-0.05, 0) is 66.7 Å². The van der Waals surface area contributed by atoms with E-state index in [1.54, 1.807) is 0 Å². The molecule has 0 N–H and O–H groups in total. The molecule has 0 aromatic carbocycles. The van der Waals surface area contributed by atoms with Gasteiger partial charge in [0.05, 0.1) is 13.2 Å². The summed E-state index contributed by atoms with van der Waals surface area (Å²) in [6.07, 6.45) is 13.7. The summed E-state index contributed by atoms with van der Waals surface area (Å²) in [6, 6.07) is 0. The average molecular weight is 306 g/mol. The number of allylic oxidation sites excluding steroid dienone is 6. The molecular weight excluding hydrogens is 272 g/mol. The van der Waals surface area contributed by atoms with Crippen LogP contribution in [0, 0.1) is 0 Å². The summed E-state index contributed by atoms with van der Waals surface area (Å²) < 4.78 is 11.2. The largest absolute Gasteiger partial charge is 0.348 e. The van der Waals surface area contributed by atoms with Crippen LogP contribution in [0.2, 0.25) is 0 Å². The first-order chi connectivity index (χ1) is 10.4. The fourth-order valence-corrected chi connectivity index (χ4v) is 2.62. The van der Waals surface area contributed by atoms with Gasteiger partial charge in [-0.3, -0.25) is 0 Å². The summed E-state index contributed by atoms with van der Waals surface area (Å²) in [5.41, 5.74) is 4.39. The lowest BCUT2D eigenvalue weighted by atomic mass is 10.0. The minimum atomic E-state index is -0.349. The van der Waals surface area contributed by atoms with E-state index in [1.807, 2.05) is 6.92 Å². The van der Waals surface area contributed by atoms with Gasteiger partial charge in [-0.1, -0.05) is 34.9 Å². The molecule has 1 fully saturated rings. The highest BCUT2D eigenvalue weighted by Crippen LogP contribution is 2.24. The van der Waals surface area contributed by atoms with E-state index in [1.165, 1.54) is 23.1 Å². The standard InChI is InChI=1S/C20H34O2/c1-17(2)9-6-10-18(3)11-7-12-19(4)13-8-14-20(5)21-15-16-22-20/h9,11,13H,6-8,10,12,14-16H2,1-5H3/b18-11+,19-13+. The second-order valence-corrected chi connectivity index (χ2v) is 6.83. The normalized spacial score (nSPS) is 18.6. The van der Waals surface area contributed by atoms with Crippen LogP contribution in [0.25, 0.3) is 0 Å². The van der Waals surface area contributed by atoms with Crippen molar-refractivity contribution in [2.24, 2.45) is 0 Å². The van der Waals surface area contributed by atoms with E-state index in [4.69, 9.17) is 9.47 Å². The molecule has 1 rings (SSSR count). The summed E-state index contributed by atoms with van der Waals surface area (Å²) in [5, 5.41) is 0. The Morgan fingerprint density at radius 3 is 1.86 bits per heavy atom. The second-order valence-electron chi connectivity index (χ2n) is 6.83. The molecule has 0 unspecified atom stereocenters. The van der Waals surface area contributed by atoms with E-state index in [0.29, 0.717) is 0 Å². The molecule has 0 aromatic rings. The van der Waals surface area contributed by atoms with Gasteiger partial charge < -0.3 is 9.47 Å². The first-order valence-electron chi connectivity index (χ1n) is 8.64. The van der Waals surface area contributed by atoms with Gasteiger partial charge in [0.25, 0.3) is 0 Å². The Bertz CT molecular complexity index is 405. The van der Waals surface area contributed by atoms with Crippen LogP contribution >= 0.6 is 0 Å². The predicted octanol–water partition coefficient (Wildman–Crippen LogP) is 5.95. The van der Waals surface area contributed by atoms with Crippen molar-refractivity contribution in [3.05, 3.63) is 34.9 Å². The maximum absolute atomic E-state index is 5.62. The smallest absolute Gasteiger partial charge is 0.166 e. The van der Waals surface area contributed by atoms with Gasteiger partial charge in [-0.2, -0.15) is 0 Å². The third kappa shape index (κ3) is 8.55. The molecule has 1 saturated heterocycles. The van der Waals surface area contributed by atoms with Crippen LogP contribution in [0.4, 0.5) is 0 Å². The van der Waals surface area contributed by atoms with Gasteiger partial charge in [0.1, 0.15) is 0 Å². The van der Waals surface area contributed by atoms with Crippen molar-refractivity contribution in [3.8, 4) is 0 Å². The molecule has 0 amide bonds. The molecular formula is C20H34O2. The molecule has 2 heteroatoms. The lowest BCUT2D eigenvalue weighted by Gasteiger charge is -2.21. The van der Waals surface area contributed by atoms with Crippen molar-refractivity contribution >= 4 is 0 Å². The zero-order valence-electron chi connectivity index (χ0n) is 15.2. The predicted molar refractivity (Wildman–Crippen MR) is 95.0 cm³/mol. The monoisotopic (exact) mass is 306 g/mol. The summed E-state index contributed by atoms with van der Waals surface area (Å²) in [5.74, 6) is -0.349. The molecule has 0 saturated carbocycles. The highest BCUT2D eigenvalue weighted by atomic mass is 16.7. The highest BCUT2D eigenvalue weighted by Gasteiger charge is 2.29. The zero-order chi connectivity index (χ0) is 16.4. The van der Waals surface area contributed by atoms with Crippen molar-refractivity contribution < 1.29 is 9.47 Å². The molecule has 0 bridgehead atoms. The van der Waals surface area contributed by atoms with Crippen LogP contribution < -0.4 is 0 Å². The summed E-state index contributed by atoms with van der Waals surface area (Å²) in [6.45, 7) is 12.3. The number of ether oxygens (including phenoxy) is 2. The third-order valence-corrected chi connectivity index (χ3v) is 4.11. The first-order valence-corrected chi connectivity index (χ1v) is 8.64. The summed E-state index contributed by atoms with van der Waals surface area (Å²) in [7, 11) is 0. The molecule has 1 aliphatic heterocycles. The lowest BCUT2D eigenvalue weighted by molar-refractivity contribution is -0.145. The van der Waals surface area contributed by atoms with Crippen LogP contribution in [0.3, 0.4) is 0 Å². The zero-order valence-corrected chi connectivity index (χ0v) is 15.2. The van der Waals surface area contributed by atoms with Gasteiger partial charge in [-0.25, -0.2) is 0 Å². The van der Waals surface area contributed by atoms with Crippen LogP contribution in [0.15, 0.2) is 34.9 Å². The van der Waals surface area contributed by atoms with Crippen LogP contribution in [-0.2, 0) is 9.47 Å². The van der Waals surface area contributed by atoms with E-state index in [9.17, 15) is 0 Å². The summed E-state index contributed by atoms with van der Waals surface area (Å²) in [4.78, 5) is 0.